The summed E-state index contributed by atoms with van der Waals surface area (Å²) in [6.07, 6.45) is 0. The summed E-state index contributed by atoms with van der Waals surface area (Å²) >= 11 is 0. The Morgan fingerprint density at radius 1 is 0.692 bits per heavy atom. The molecule has 0 N–H and O–H groups in total. The van der Waals surface area contributed by atoms with Gasteiger partial charge in [-0.15, -0.1) is 0 Å². The molecule has 0 aliphatic heterocycles. The second kappa shape index (κ2) is 6.47. The van der Waals surface area contributed by atoms with Gasteiger partial charge in [0.05, 0.1) is 0 Å². The minimum Gasteiger partial charge on any atom is -0.377 e. The van der Waals surface area contributed by atoms with E-state index in [0.717, 1.165) is 12.1 Å². The number of methoxy groups -OCH3 is 2. The molecule has 2 aliphatic rings. The molecule has 1 aromatic rings. The van der Waals surface area contributed by atoms with Gasteiger partial charge in [-0.3, -0.25) is 28.8 Å². The molecule has 26 heavy (non-hydrogen) atoms. The molecule has 0 amide bonds. The van der Waals surface area contributed by atoms with Gasteiger partial charge in [0.25, 0.3) is 0 Å². The highest BCUT2D eigenvalue weighted by Gasteiger charge is 2.48. The third-order valence-corrected chi connectivity index (χ3v) is 4.49. The van der Waals surface area contributed by atoms with Gasteiger partial charge in [-0.2, -0.15) is 0 Å². The van der Waals surface area contributed by atoms with Gasteiger partial charge >= 0.3 is 0 Å². The van der Waals surface area contributed by atoms with Crippen LogP contribution in [0.5, 0.6) is 0 Å². The smallest absolute Gasteiger partial charge is 0.182 e. The molecule has 0 bridgehead atoms. The van der Waals surface area contributed by atoms with E-state index in [4.69, 9.17) is 0 Å². The van der Waals surface area contributed by atoms with Crippen LogP contribution in [-0.4, -0.2) is 62.1 Å². The maximum absolute atomic E-state index is 12.4. The molecule has 0 radical (unpaired) electrons. The fourth-order valence-electron chi connectivity index (χ4n) is 3.31. The number of hydrogen-bond donors (Lipinski definition) is 0. The maximum atomic E-state index is 12.4. The first-order valence-electron chi connectivity index (χ1n) is 7.71. The van der Waals surface area contributed by atoms with Crippen molar-refractivity contribution < 1.29 is 38.2 Å². The van der Waals surface area contributed by atoms with Crippen molar-refractivity contribution in [3.8, 4) is 0 Å². The molecule has 0 spiro atoms. The molecule has 8 heteroatoms. The Bertz CT molecular complexity index is 770. The molecule has 2 aliphatic carbocycles. The van der Waals surface area contributed by atoms with Crippen LogP contribution in [0.25, 0.3) is 0 Å². The Labute approximate surface area is 147 Å². The number of carbonyl (C=O) groups is 6. The molecular formula is C18H14O8. The minimum absolute atomic E-state index is 0.0933. The first-order chi connectivity index (χ1) is 12.3. The van der Waals surface area contributed by atoms with Gasteiger partial charge in [0.1, 0.15) is 25.0 Å². The quantitative estimate of drug-likeness (QED) is 0.657. The molecule has 134 valence electrons. The third-order valence-electron chi connectivity index (χ3n) is 4.49. The number of hydrogen-bond acceptors (Lipinski definition) is 8. The zero-order chi connectivity index (χ0) is 19.2. The van der Waals surface area contributed by atoms with E-state index in [2.05, 4.69) is 9.47 Å². The van der Waals surface area contributed by atoms with Crippen molar-refractivity contribution in [1.82, 2.24) is 0 Å². The second-order valence-electron chi connectivity index (χ2n) is 6.07. The average Bonchev–Trinajstić information content (AvgIpc) is 2.98. The van der Waals surface area contributed by atoms with Crippen LogP contribution >= 0.6 is 0 Å². The zero-order valence-electron chi connectivity index (χ0n) is 14.0. The van der Waals surface area contributed by atoms with Crippen LogP contribution in [0.1, 0.15) is 41.4 Å². The van der Waals surface area contributed by atoms with Crippen molar-refractivity contribution in [2.24, 2.45) is 11.8 Å². The predicted molar refractivity (Wildman–Crippen MR) is 84.5 cm³/mol. The van der Waals surface area contributed by atoms with Gasteiger partial charge in [-0.25, -0.2) is 0 Å². The summed E-state index contributed by atoms with van der Waals surface area (Å²) in [5.74, 6) is -7.37. The predicted octanol–water partition coefficient (Wildman–Crippen LogP) is 0.108. The number of rotatable bonds is 6. The van der Waals surface area contributed by atoms with E-state index >= 15 is 0 Å². The van der Waals surface area contributed by atoms with E-state index in [9.17, 15) is 28.8 Å². The number of ether oxygens (including phenoxy) is 2. The van der Waals surface area contributed by atoms with Gasteiger partial charge in [-0.05, 0) is 12.1 Å². The van der Waals surface area contributed by atoms with E-state index in [1.807, 2.05) is 0 Å². The zero-order valence-corrected chi connectivity index (χ0v) is 14.0. The Morgan fingerprint density at radius 2 is 0.962 bits per heavy atom. The number of carbonyl (C=O) groups excluding carboxylic acids is 6. The fraction of sp³-hybridized carbons (Fsp3) is 0.333. The fourth-order valence-corrected chi connectivity index (χ4v) is 3.31. The highest BCUT2D eigenvalue weighted by molar-refractivity contribution is 6.40. The molecule has 0 unspecified atom stereocenters. The van der Waals surface area contributed by atoms with Crippen LogP contribution < -0.4 is 0 Å². The van der Waals surface area contributed by atoms with Gasteiger partial charge in [0.15, 0.2) is 34.7 Å². The van der Waals surface area contributed by atoms with E-state index < -0.39 is 59.7 Å². The Hall–Kier alpha value is -2.84. The average molecular weight is 358 g/mol. The monoisotopic (exact) mass is 358 g/mol. The van der Waals surface area contributed by atoms with Crippen LogP contribution in [0.3, 0.4) is 0 Å². The second-order valence-corrected chi connectivity index (χ2v) is 6.07. The summed E-state index contributed by atoms with van der Waals surface area (Å²) in [6, 6.07) is 2.26. The standard InChI is InChI=1S/C18H14O8/c1-25-5-11(19)13-15(21)7-3-9-10(4-8(7)16(13)22)18(24)14(17(9)23)12(20)6-26-2/h3-4,13-14H,5-6H2,1-2H3. The van der Waals surface area contributed by atoms with E-state index in [1.165, 1.54) is 14.2 Å². The molecule has 1 aromatic carbocycles. The highest BCUT2D eigenvalue weighted by Crippen LogP contribution is 2.35. The van der Waals surface area contributed by atoms with Crippen molar-refractivity contribution in [2.75, 3.05) is 27.4 Å². The normalized spacial score (nSPS) is 17.0. The molecule has 0 saturated heterocycles. The number of ketones is 6. The lowest BCUT2D eigenvalue weighted by atomic mass is 9.97. The molecule has 0 fully saturated rings. The topological polar surface area (TPSA) is 121 Å². The first kappa shape index (κ1) is 18.0. The minimum atomic E-state index is -1.52. The molecule has 0 heterocycles. The van der Waals surface area contributed by atoms with Crippen LogP contribution in [0.15, 0.2) is 12.1 Å². The lowest BCUT2D eigenvalue weighted by molar-refractivity contribution is -0.124. The van der Waals surface area contributed by atoms with Crippen molar-refractivity contribution in [2.45, 2.75) is 0 Å². The lowest BCUT2D eigenvalue weighted by Gasteiger charge is -2.04. The van der Waals surface area contributed by atoms with Crippen molar-refractivity contribution in [1.29, 1.82) is 0 Å². The maximum Gasteiger partial charge on any atom is 0.182 e. The third kappa shape index (κ3) is 2.46. The summed E-state index contributed by atoms with van der Waals surface area (Å²) < 4.78 is 9.35. The number of Topliss-reactive ketones (excluding diaryl/α,β-unsaturated/α-hetero) is 6. The van der Waals surface area contributed by atoms with Crippen LogP contribution in [0.4, 0.5) is 0 Å². The summed E-state index contributed by atoms with van der Waals surface area (Å²) in [5, 5.41) is 0. The molecule has 0 atom stereocenters. The van der Waals surface area contributed by atoms with Crippen LogP contribution in [0.2, 0.25) is 0 Å². The van der Waals surface area contributed by atoms with E-state index in [1.54, 1.807) is 0 Å². The highest BCUT2D eigenvalue weighted by atomic mass is 16.5. The van der Waals surface area contributed by atoms with Crippen LogP contribution in [-0.2, 0) is 19.1 Å². The Morgan fingerprint density at radius 3 is 1.19 bits per heavy atom. The Kier molecular flexibility index (Phi) is 4.47. The lowest BCUT2D eigenvalue weighted by Crippen LogP contribution is -2.29. The SMILES string of the molecule is COCC(=O)C1C(=O)c2cc3c(cc2C1=O)C(=O)C(C(=O)COC)C3=O. The van der Waals surface area contributed by atoms with Crippen LogP contribution in [0, 0.1) is 11.8 Å². The summed E-state index contributed by atoms with van der Waals surface area (Å²) in [4.78, 5) is 73.7. The van der Waals surface area contributed by atoms with Crippen molar-refractivity contribution >= 4 is 34.7 Å². The van der Waals surface area contributed by atoms with E-state index in [0.29, 0.717) is 0 Å². The summed E-state index contributed by atoms with van der Waals surface area (Å²) in [6.45, 7) is -0.803. The van der Waals surface area contributed by atoms with E-state index in [-0.39, 0.29) is 22.3 Å². The number of fused-ring (bicyclic) bond motifs is 2. The molecule has 0 saturated carbocycles. The summed E-state index contributed by atoms with van der Waals surface area (Å²) in [7, 11) is 2.52. The Balaban J connectivity index is 2.03. The van der Waals surface area contributed by atoms with Gasteiger partial charge in [0, 0.05) is 36.5 Å². The largest absolute Gasteiger partial charge is 0.377 e. The molecule has 8 nitrogen and oxygen atoms in total. The first-order valence-corrected chi connectivity index (χ1v) is 7.71. The summed E-state index contributed by atoms with van der Waals surface area (Å²) in [5.41, 5.74) is -0.373. The van der Waals surface area contributed by atoms with Gasteiger partial charge < -0.3 is 9.47 Å². The molecular weight excluding hydrogens is 344 g/mol. The van der Waals surface area contributed by atoms with Gasteiger partial charge in [-0.1, -0.05) is 0 Å². The van der Waals surface area contributed by atoms with Gasteiger partial charge in [0.2, 0.25) is 0 Å². The van der Waals surface area contributed by atoms with Crippen molar-refractivity contribution in [3.05, 3.63) is 34.4 Å². The number of benzene rings is 1. The van der Waals surface area contributed by atoms with Crippen molar-refractivity contribution in [3.63, 3.8) is 0 Å². The molecule has 3 rings (SSSR count). The molecule has 0 aromatic heterocycles.